The van der Waals surface area contributed by atoms with Gasteiger partial charge in [-0.25, -0.2) is 4.79 Å². The molecule has 3 fully saturated rings. The van der Waals surface area contributed by atoms with E-state index >= 15 is 0 Å². The Morgan fingerprint density at radius 2 is 1.86 bits per heavy atom. The summed E-state index contributed by atoms with van der Waals surface area (Å²) in [4.78, 5) is 26.0. The van der Waals surface area contributed by atoms with Gasteiger partial charge in [-0.1, -0.05) is 50.1 Å². The molecule has 2 N–H and O–H groups in total. The van der Waals surface area contributed by atoms with E-state index in [0.29, 0.717) is 30.3 Å². The molecule has 44 heavy (non-hydrogen) atoms. The molecule has 7 heteroatoms. The van der Waals surface area contributed by atoms with Crippen molar-refractivity contribution >= 4 is 11.9 Å². The molecule has 0 radical (unpaired) electrons. The van der Waals surface area contributed by atoms with Gasteiger partial charge in [0, 0.05) is 11.8 Å². The van der Waals surface area contributed by atoms with Crippen LogP contribution in [0.3, 0.4) is 0 Å². The highest BCUT2D eigenvalue weighted by Crippen LogP contribution is 2.72. The number of carbonyl (C=O) groups is 2. The molecule has 0 aromatic heterocycles. The number of allylic oxidation sites excluding steroid dienone is 3. The Balaban J connectivity index is 1.78. The molecule has 1 aliphatic heterocycles. The Bertz CT molecular complexity index is 1190. The summed E-state index contributed by atoms with van der Waals surface area (Å²) in [6, 6.07) is 0. The van der Waals surface area contributed by atoms with Gasteiger partial charge in [-0.15, -0.1) is 0 Å². The third kappa shape index (κ3) is 6.10. The van der Waals surface area contributed by atoms with E-state index < -0.39 is 34.6 Å². The van der Waals surface area contributed by atoms with Crippen LogP contribution in [0.5, 0.6) is 0 Å². The number of aliphatic hydroxyl groups is 2. The van der Waals surface area contributed by atoms with E-state index in [1.165, 1.54) is 18.3 Å². The van der Waals surface area contributed by atoms with Crippen molar-refractivity contribution in [2.75, 3.05) is 13.7 Å². The molecule has 4 aliphatic rings. The zero-order valence-corrected chi connectivity index (χ0v) is 28.9. The number of methoxy groups -OCH3 is 1. The summed E-state index contributed by atoms with van der Waals surface area (Å²) < 4.78 is 17.7. The van der Waals surface area contributed by atoms with E-state index in [-0.39, 0.29) is 35.7 Å². The minimum Gasteiger partial charge on any atom is -0.469 e. The first-order valence-electron chi connectivity index (χ1n) is 16.7. The Morgan fingerprint density at radius 1 is 1.18 bits per heavy atom. The smallest absolute Gasteiger partial charge is 0.339 e. The molecule has 1 heterocycles. The first kappa shape index (κ1) is 34.9. The molecule has 248 valence electrons. The van der Waals surface area contributed by atoms with Crippen molar-refractivity contribution in [1.82, 2.24) is 0 Å². The predicted molar refractivity (Wildman–Crippen MR) is 171 cm³/mol. The van der Waals surface area contributed by atoms with Crippen LogP contribution in [-0.4, -0.2) is 59.8 Å². The fourth-order valence-corrected chi connectivity index (χ4v) is 10.2. The molecule has 0 amide bonds. The van der Waals surface area contributed by atoms with Crippen LogP contribution in [0.4, 0.5) is 0 Å². The lowest BCUT2D eigenvalue weighted by atomic mass is 9.39. The second-order valence-electron chi connectivity index (χ2n) is 15.7. The Kier molecular flexibility index (Phi) is 10.1. The summed E-state index contributed by atoms with van der Waals surface area (Å²) >= 11 is 0. The molecule has 0 spiro atoms. The van der Waals surface area contributed by atoms with Crippen molar-refractivity contribution in [2.24, 2.45) is 39.9 Å². The van der Waals surface area contributed by atoms with E-state index in [0.717, 1.165) is 32.3 Å². The van der Waals surface area contributed by atoms with Crippen molar-refractivity contribution in [3.8, 4) is 0 Å². The molecule has 7 nitrogen and oxygen atoms in total. The highest BCUT2D eigenvalue weighted by molar-refractivity contribution is 5.78. The summed E-state index contributed by atoms with van der Waals surface area (Å²) in [5.74, 6) is -0.243. The lowest BCUT2D eigenvalue weighted by Crippen LogP contribution is -2.64. The predicted octanol–water partition coefficient (Wildman–Crippen LogP) is 6.72. The number of esters is 2. The van der Waals surface area contributed by atoms with Crippen LogP contribution < -0.4 is 0 Å². The van der Waals surface area contributed by atoms with Crippen LogP contribution in [0.25, 0.3) is 0 Å². The zero-order valence-electron chi connectivity index (χ0n) is 28.9. The second-order valence-corrected chi connectivity index (χ2v) is 15.7. The number of hydrogen-bond donors (Lipinski definition) is 2. The molecule has 1 unspecified atom stereocenters. The number of carbonyl (C=O) groups excluding carboxylic acids is 2. The summed E-state index contributed by atoms with van der Waals surface area (Å²) in [7, 11) is 1.42. The zero-order chi connectivity index (χ0) is 32.8. The molecule has 4 rings (SSSR count). The minimum atomic E-state index is -1.34. The molecule has 10 atom stereocenters. The van der Waals surface area contributed by atoms with Gasteiger partial charge in [0.1, 0.15) is 6.10 Å². The quantitative estimate of drug-likeness (QED) is 0.220. The lowest BCUT2D eigenvalue weighted by molar-refractivity contribution is -0.212. The average molecular weight is 615 g/mol. The molecule has 0 aromatic carbocycles. The third-order valence-corrected chi connectivity index (χ3v) is 12.4. The maximum absolute atomic E-state index is 13.5. The maximum atomic E-state index is 13.5. The summed E-state index contributed by atoms with van der Waals surface area (Å²) in [5, 5.41) is 22.5. The fourth-order valence-electron chi connectivity index (χ4n) is 10.2. The molecular formula is C37H58O7. The largest absolute Gasteiger partial charge is 0.469 e. The van der Waals surface area contributed by atoms with Gasteiger partial charge in [0.2, 0.25) is 0 Å². The van der Waals surface area contributed by atoms with Crippen LogP contribution in [0.2, 0.25) is 0 Å². The highest BCUT2D eigenvalue weighted by Gasteiger charge is 2.68. The monoisotopic (exact) mass is 614 g/mol. The Morgan fingerprint density at radius 3 is 2.45 bits per heavy atom. The van der Waals surface area contributed by atoms with Crippen molar-refractivity contribution in [1.29, 1.82) is 0 Å². The minimum absolute atomic E-state index is 0.0407. The van der Waals surface area contributed by atoms with Crippen molar-refractivity contribution in [3.63, 3.8) is 0 Å². The normalized spacial score (nSPS) is 39.5. The third-order valence-electron chi connectivity index (χ3n) is 12.4. The van der Waals surface area contributed by atoms with Gasteiger partial charge in [0.05, 0.1) is 25.4 Å². The fraction of sp³-hybridized carbons (Fsp3) is 0.784. The van der Waals surface area contributed by atoms with E-state index in [2.05, 4.69) is 46.8 Å². The number of rotatable bonds is 9. The molecule has 0 bridgehead atoms. The van der Waals surface area contributed by atoms with Crippen LogP contribution in [0, 0.1) is 39.9 Å². The standard InChI is InChI=1S/C37H58O7/c1-11-23(4)32(39)33(40)44-30-20-29(34(5,6)41)36(8,17-15-31(38)42-10)28-14-16-35(7)26(12-13-27(35)37(28,30)9)24-19-25(43-21-24)18-22(2)3/h11,13,18,24-26,28-30,32,39,41H,12,14-17,19-21H2,1-10H3/b23-11+/t24-,25-,26+,28-,29?,30-,32-,35+,36-,37+/m1/s1. The molecule has 3 aliphatic carbocycles. The van der Waals surface area contributed by atoms with Crippen LogP contribution >= 0.6 is 0 Å². The van der Waals surface area contributed by atoms with Crippen molar-refractivity contribution in [3.05, 3.63) is 34.9 Å². The van der Waals surface area contributed by atoms with E-state index in [9.17, 15) is 19.8 Å². The number of ether oxygens (including phenoxy) is 3. The van der Waals surface area contributed by atoms with Gasteiger partial charge in [-0.05, 0) is 120 Å². The molecule has 1 saturated heterocycles. The Labute approximate surface area is 265 Å². The second kappa shape index (κ2) is 12.7. The van der Waals surface area contributed by atoms with Gasteiger partial charge in [0.25, 0.3) is 0 Å². The topological polar surface area (TPSA) is 102 Å². The van der Waals surface area contributed by atoms with E-state index in [4.69, 9.17) is 14.2 Å². The van der Waals surface area contributed by atoms with Gasteiger partial charge in [-0.2, -0.15) is 0 Å². The van der Waals surface area contributed by atoms with Crippen LogP contribution in [-0.2, 0) is 23.8 Å². The van der Waals surface area contributed by atoms with E-state index in [1.54, 1.807) is 19.9 Å². The Hall–Kier alpha value is -1.96. The summed E-state index contributed by atoms with van der Waals surface area (Å²) in [6.45, 7) is 19.1. The number of fused-ring (bicyclic) bond motifs is 3. The van der Waals surface area contributed by atoms with Gasteiger partial charge >= 0.3 is 11.9 Å². The van der Waals surface area contributed by atoms with Crippen molar-refractivity contribution in [2.45, 2.75) is 131 Å². The number of aliphatic hydroxyl groups excluding tert-OH is 1. The average Bonchev–Trinajstić information content (AvgIpc) is 3.55. The highest BCUT2D eigenvalue weighted by atomic mass is 16.6. The first-order chi connectivity index (χ1) is 20.4. The lowest BCUT2D eigenvalue weighted by Gasteiger charge is -2.66. The molecule has 2 saturated carbocycles. The summed E-state index contributed by atoms with van der Waals surface area (Å²) in [5.41, 5.74) is 1.03. The SMILES string of the molecule is C/C=C(\C)[C@@H](O)C(=O)O[C@@H]1CC(C(C)(C)O)[C@](C)(CCC(=O)OC)[C@H]2CC[C@]3(C)C(=CC[C@H]3[C@H]3CO[C@H](C=C(C)C)C3)[C@]12C. The van der Waals surface area contributed by atoms with E-state index in [1.807, 2.05) is 13.8 Å². The first-order valence-corrected chi connectivity index (χ1v) is 16.7. The van der Waals surface area contributed by atoms with Crippen LogP contribution in [0.15, 0.2) is 34.9 Å². The molecule has 0 aromatic rings. The molecular weight excluding hydrogens is 556 g/mol. The van der Waals surface area contributed by atoms with Gasteiger partial charge in [0.15, 0.2) is 6.10 Å². The van der Waals surface area contributed by atoms with Gasteiger partial charge < -0.3 is 24.4 Å². The summed E-state index contributed by atoms with van der Waals surface area (Å²) in [6.07, 6.45) is 9.79. The maximum Gasteiger partial charge on any atom is 0.339 e. The van der Waals surface area contributed by atoms with Gasteiger partial charge in [-0.3, -0.25) is 4.79 Å². The van der Waals surface area contributed by atoms with Crippen LogP contribution in [0.1, 0.15) is 107 Å². The number of hydrogen-bond acceptors (Lipinski definition) is 7. The van der Waals surface area contributed by atoms with Crippen molar-refractivity contribution < 1.29 is 34.0 Å².